The van der Waals surface area contributed by atoms with E-state index in [0.29, 0.717) is 18.9 Å². The number of benzene rings is 1. The normalized spacial score (nSPS) is 20.8. The summed E-state index contributed by atoms with van der Waals surface area (Å²) in [7, 11) is 0. The van der Waals surface area contributed by atoms with Crippen molar-refractivity contribution in [3.05, 3.63) is 35.9 Å². The standard InChI is InChI=1S/C15H19NO3/c17-14(18)8-4-5-9-16-15(19)13-10-12(13)11-6-2-1-3-7-11/h1-3,6-7,12-13H,4-5,8-10H2,(H,16,19)(H,17,18). The Morgan fingerprint density at radius 3 is 2.63 bits per heavy atom. The zero-order valence-electron chi connectivity index (χ0n) is 10.8. The summed E-state index contributed by atoms with van der Waals surface area (Å²) in [6, 6.07) is 10.1. The molecule has 1 aromatic carbocycles. The van der Waals surface area contributed by atoms with Crippen LogP contribution >= 0.6 is 0 Å². The van der Waals surface area contributed by atoms with Crippen LogP contribution in [0.3, 0.4) is 0 Å². The van der Waals surface area contributed by atoms with E-state index in [1.54, 1.807) is 0 Å². The third-order valence-corrected chi connectivity index (χ3v) is 3.47. The van der Waals surface area contributed by atoms with Crippen molar-refractivity contribution in [2.75, 3.05) is 6.54 Å². The Balaban J connectivity index is 1.65. The molecule has 4 heteroatoms. The first-order valence-corrected chi connectivity index (χ1v) is 6.73. The van der Waals surface area contributed by atoms with Crippen molar-refractivity contribution in [2.45, 2.75) is 31.6 Å². The average Bonchev–Trinajstić information content (AvgIpc) is 3.19. The second kappa shape index (κ2) is 6.36. The van der Waals surface area contributed by atoms with Gasteiger partial charge in [0.15, 0.2) is 0 Å². The molecule has 1 aliphatic carbocycles. The fourth-order valence-corrected chi connectivity index (χ4v) is 2.30. The summed E-state index contributed by atoms with van der Waals surface area (Å²) in [5.74, 6) is -0.219. The van der Waals surface area contributed by atoms with E-state index in [9.17, 15) is 9.59 Å². The second-order valence-corrected chi connectivity index (χ2v) is 5.00. The van der Waals surface area contributed by atoms with Gasteiger partial charge in [-0.3, -0.25) is 9.59 Å². The molecule has 0 saturated heterocycles. The number of carboxylic acid groups (broad SMARTS) is 1. The molecule has 1 aromatic rings. The molecule has 19 heavy (non-hydrogen) atoms. The fourth-order valence-electron chi connectivity index (χ4n) is 2.30. The molecule has 0 aromatic heterocycles. The van der Waals surface area contributed by atoms with E-state index < -0.39 is 5.97 Å². The van der Waals surface area contributed by atoms with Crippen molar-refractivity contribution in [2.24, 2.45) is 5.92 Å². The number of aliphatic carboxylic acids is 1. The van der Waals surface area contributed by atoms with Gasteiger partial charge in [-0.2, -0.15) is 0 Å². The first kappa shape index (κ1) is 13.6. The average molecular weight is 261 g/mol. The van der Waals surface area contributed by atoms with Crippen LogP contribution in [0.2, 0.25) is 0 Å². The fraction of sp³-hybridized carbons (Fsp3) is 0.467. The van der Waals surface area contributed by atoms with Crippen molar-refractivity contribution in [3.8, 4) is 0 Å². The van der Waals surface area contributed by atoms with Crippen LogP contribution in [0.25, 0.3) is 0 Å². The quantitative estimate of drug-likeness (QED) is 0.739. The zero-order valence-corrected chi connectivity index (χ0v) is 10.8. The molecule has 2 N–H and O–H groups in total. The molecule has 0 heterocycles. The van der Waals surface area contributed by atoms with E-state index in [1.165, 1.54) is 5.56 Å². The lowest BCUT2D eigenvalue weighted by Crippen LogP contribution is -2.26. The minimum atomic E-state index is -0.780. The molecule has 0 bridgehead atoms. The Bertz CT molecular complexity index is 444. The SMILES string of the molecule is O=C(O)CCCCNC(=O)C1CC1c1ccccc1. The molecule has 1 saturated carbocycles. The number of carbonyl (C=O) groups is 2. The number of nitrogens with one attached hydrogen (secondary N) is 1. The number of hydrogen-bond donors (Lipinski definition) is 2. The van der Waals surface area contributed by atoms with Crippen molar-refractivity contribution in [1.29, 1.82) is 0 Å². The molecule has 0 spiro atoms. The van der Waals surface area contributed by atoms with Crippen LogP contribution in [-0.4, -0.2) is 23.5 Å². The summed E-state index contributed by atoms with van der Waals surface area (Å²) in [5.41, 5.74) is 1.23. The van der Waals surface area contributed by atoms with Crippen LogP contribution in [0, 0.1) is 5.92 Å². The molecular weight excluding hydrogens is 242 g/mol. The number of carboxylic acids is 1. The van der Waals surface area contributed by atoms with Crippen molar-refractivity contribution in [1.82, 2.24) is 5.32 Å². The highest BCUT2D eigenvalue weighted by molar-refractivity contribution is 5.82. The molecule has 1 fully saturated rings. The van der Waals surface area contributed by atoms with Gasteiger partial charge in [-0.1, -0.05) is 30.3 Å². The number of hydrogen-bond acceptors (Lipinski definition) is 2. The molecule has 1 aliphatic rings. The molecule has 2 unspecified atom stereocenters. The predicted molar refractivity (Wildman–Crippen MR) is 71.8 cm³/mol. The van der Waals surface area contributed by atoms with Crippen LogP contribution in [-0.2, 0) is 9.59 Å². The highest BCUT2D eigenvalue weighted by Crippen LogP contribution is 2.47. The van der Waals surface area contributed by atoms with Crippen LogP contribution in [0.1, 0.15) is 37.2 Å². The van der Waals surface area contributed by atoms with Gasteiger partial charge in [0.1, 0.15) is 0 Å². The van der Waals surface area contributed by atoms with Gasteiger partial charge in [-0.05, 0) is 30.7 Å². The van der Waals surface area contributed by atoms with Gasteiger partial charge >= 0.3 is 5.97 Å². The maximum Gasteiger partial charge on any atom is 0.303 e. The van der Waals surface area contributed by atoms with E-state index in [-0.39, 0.29) is 18.2 Å². The number of carbonyl (C=O) groups excluding carboxylic acids is 1. The van der Waals surface area contributed by atoms with Crippen molar-refractivity contribution < 1.29 is 14.7 Å². The topological polar surface area (TPSA) is 66.4 Å². The summed E-state index contributed by atoms with van der Waals surface area (Å²) in [5, 5.41) is 11.4. The second-order valence-electron chi connectivity index (χ2n) is 5.00. The van der Waals surface area contributed by atoms with Gasteiger partial charge in [0.25, 0.3) is 0 Å². The monoisotopic (exact) mass is 261 g/mol. The lowest BCUT2D eigenvalue weighted by atomic mass is 10.1. The first-order chi connectivity index (χ1) is 9.18. The highest BCUT2D eigenvalue weighted by Gasteiger charge is 2.43. The van der Waals surface area contributed by atoms with Crippen LogP contribution in [0.4, 0.5) is 0 Å². The Hall–Kier alpha value is -1.84. The largest absolute Gasteiger partial charge is 0.481 e. The van der Waals surface area contributed by atoms with Crippen molar-refractivity contribution >= 4 is 11.9 Å². The van der Waals surface area contributed by atoms with Crippen LogP contribution < -0.4 is 5.32 Å². The van der Waals surface area contributed by atoms with Crippen LogP contribution in [0.5, 0.6) is 0 Å². The number of rotatable bonds is 7. The van der Waals surface area contributed by atoms with E-state index in [4.69, 9.17) is 5.11 Å². The molecule has 2 rings (SSSR count). The maximum absolute atomic E-state index is 11.9. The predicted octanol–water partition coefficient (Wildman–Crippen LogP) is 2.16. The minimum absolute atomic E-state index is 0.0990. The first-order valence-electron chi connectivity index (χ1n) is 6.73. The lowest BCUT2D eigenvalue weighted by molar-refractivity contribution is -0.137. The van der Waals surface area contributed by atoms with E-state index in [1.807, 2.05) is 18.2 Å². The van der Waals surface area contributed by atoms with Gasteiger partial charge in [0, 0.05) is 18.9 Å². The molecule has 1 amide bonds. The minimum Gasteiger partial charge on any atom is -0.481 e. The molecule has 2 atom stereocenters. The molecular formula is C15H19NO3. The summed E-state index contributed by atoms with van der Waals surface area (Å²) in [6.07, 6.45) is 2.43. The van der Waals surface area contributed by atoms with Crippen LogP contribution in [0.15, 0.2) is 30.3 Å². The number of unbranched alkanes of at least 4 members (excludes halogenated alkanes) is 1. The van der Waals surface area contributed by atoms with Gasteiger partial charge in [0.05, 0.1) is 0 Å². The van der Waals surface area contributed by atoms with E-state index in [0.717, 1.165) is 12.8 Å². The Morgan fingerprint density at radius 1 is 1.21 bits per heavy atom. The van der Waals surface area contributed by atoms with Gasteiger partial charge in [0.2, 0.25) is 5.91 Å². The van der Waals surface area contributed by atoms with E-state index in [2.05, 4.69) is 17.4 Å². The Morgan fingerprint density at radius 2 is 1.95 bits per heavy atom. The lowest BCUT2D eigenvalue weighted by Gasteiger charge is -2.04. The van der Waals surface area contributed by atoms with Gasteiger partial charge < -0.3 is 10.4 Å². The maximum atomic E-state index is 11.9. The van der Waals surface area contributed by atoms with E-state index >= 15 is 0 Å². The molecule has 4 nitrogen and oxygen atoms in total. The van der Waals surface area contributed by atoms with Gasteiger partial charge in [-0.15, -0.1) is 0 Å². The smallest absolute Gasteiger partial charge is 0.303 e. The summed E-state index contributed by atoms with van der Waals surface area (Å²) >= 11 is 0. The van der Waals surface area contributed by atoms with Crippen molar-refractivity contribution in [3.63, 3.8) is 0 Å². The molecule has 0 radical (unpaired) electrons. The Kier molecular flexibility index (Phi) is 4.55. The number of amides is 1. The Labute approximate surface area is 112 Å². The molecule has 102 valence electrons. The summed E-state index contributed by atoms with van der Waals surface area (Å²) in [6.45, 7) is 0.574. The van der Waals surface area contributed by atoms with Gasteiger partial charge in [-0.25, -0.2) is 0 Å². The summed E-state index contributed by atoms with van der Waals surface area (Å²) < 4.78 is 0. The third-order valence-electron chi connectivity index (χ3n) is 3.47. The summed E-state index contributed by atoms with van der Waals surface area (Å²) in [4.78, 5) is 22.2. The molecule has 0 aliphatic heterocycles. The highest BCUT2D eigenvalue weighted by atomic mass is 16.4. The zero-order chi connectivity index (χ0) is 13.7. The third kappa shape index (κ3) is 4.09.